The molecule has 190 valence electrons. The quantitative estimate of drug-likeness (QED) is 0.147. The van der Waals surface area contributed by atoms with Gasteiger partial charge in [0.2, 0.25) is 0 Å². The van der Waals surface area contributed by atoms with Gasteiger partial charge in [0, 0.05) is 17.2 Å². The molecule has 1 N–H and O–H groups in total. The maximum Gasteiger partial charge on any atom is 0.303 e. The van der Waals surface area contributed by atoms with Gasteiger partial charge in [-0.1, -0.05) is 113 Å². The molecule has 35 heavy (non-hydrogen) atoms. The number of benzene rings is 3. The molecular formula is C32H44O3. The Labute approximate surface area is 211 Å². The normalized spacial score (nSPS) is 12.3. The third-order valence-corrected chi connectivity index (χ3v) is 7.05. The largest absolute Gasteiger partial charge is 0.489 e. The third-order valence-electron chi connectivity index (χ3n) is 7.05. The Morgan fingerprint density at radius 2 is 1.20 bits per heavy atom. The number of hydrogen-bond donors (Lipinski definition) is 1. The number of fused-ring (bicyclic) bond motifs is 2. The zero-order valence-corrected chi connectivity index (χ0v) is 21.6. The lowest BCUT2D eigenvalue weighted by atomic mass is 10.00. The number of ether oxygens (including phenoxy) is 1. The molecule has 0 saturated carbocycles. The first-order valence-corrected chi connectivity index (χ1v) is 14.0. The van der Waals surface area contributed by atoms with Crippen LogP contribution in [0, 0.1) is 0 Å². The average Bonchev–Trinajstić information content (AvgIpc) is 2.87. The molecule has 3 rings (SSSR count). The molecule has 0 unspecified atom stereocenters. The van der Waals surface area contributed by atoms with Crippen LogP contribution in [0.2, 0.25) is 0 Å². The molecule has 0 aliphatic carbocycles. The second kappa shape index (κ2) is 15.4. The summed E-state index contributed by atoms with van der Waals surface area (Å²) in [6.07, 6.45) is 17.1. The van der Waals surface area contributed by atoms with Crippen molar-refractivity contribution in [3.8, 4) is 5.75 Å². The van der Waals surface area contributed by atoms with Crippen LogP contribution in [0.5, 0.6) is 5.75 Å². The summed E-state index contributed by atoms with van der Waals surface area (Å²) in [4.78, 5) is 10.6. The molecule has 0 amide bonds. The number of unbranched alkanes of at least 4 members (excludes halogenated alkanes) is 10. The second-order valence-electron chi connectivity index (χ2n) is 10.00. The SMILES string of the molecule is CCCCCC[C@@H](CCCCCCCCCCC(=O)O)Oc1c2ccccc2cc2ccccc12. The lowest BCUT2D eigenvalue weighted by Crippen LogP contribution is -2.17. The van der Waals surface area contributed by atoms with Crippen LogP contribution in [-0.4, -0.2) is 17.2 Å². The van der Waals surface area contributed by atoms with Crippen molar-refractivity contribution < 1.29 is 14.6 Å². The van der Waals surface area contributed by atoms with Crippen molar-refractivity contribution in [2.24, 2.45) is 0 Å². The number of carbonyl (C=O) groups is 1. The van der Waals surface area contributed by atoms with Gasteiger partial charge in [-0.25, -0.2) is 0 Å². The van der Waals surface area contributed by atoms with E-state index in [0.717, 1.165) is 37.9 Å². The smallest absolute Gasteiger partial charge is 0.303 e. The molecule has 0 fully saturated rings. The highest BCUT2D eigenvalue weighted by Gasteiger charge is 2.15. The molecular weight excluding hydrogens is 432 g/mol. The van der Waals surface area contributed by atoms with Crippen LogP contribution >= 0.6 is 0 Å². The van der Waals surface area contributed by atoms with Crippen LogP contribution in [-0.2, 0) is 4.79 Å². The minimum absolute atomic E-state index is 0.261. The lowest BCUT2D eigenvalue weighted by Gasteiger charge is -2.22. The summed E-state index contributed by atoms with van der Waals surface area (Å²) in [5.41, 5.74) is 0. The first-order chi connectivity index (χ1) is 17.2. The predicted octanol–water partition coefficient (Wildman–Crippen LogP) is 9.70. The maximum absolute atomic E-state index is 10.6. The minimum atomic E-state index is -0.673. The van der Waals surface area contributed by atoms with Crippen molar-refractivity contribution in [1.29, 1.82) is 0 Å². The van der Waals surface area contributed by atoms with Gasteiger partial charge in [0.25, 0.3) is 0 Å². The van der Waals surface area contributed by atoms with Gasteiger partial charge in [0.05, 0.1) is 6.10 Å². The summed E-state index contributed by atoms with van der Waals surface area (Å²) in [5, 5.41) is 13.6. The summed E-state index contributed by atoms with van der Waals surface area (Å²) in [7, 11) is 0. The van der Waals surface area contributed by atoms with Gasteiger partial charge >= 0.3 is 5.97 Å². The van der Waals surface area contributed by atoms with Crippen molar-refractivity contribution in [2.75, 3.05) is 0 Å². The summed E-state index contributed by atoms with van der Waals surface area (Å²) in [6.45, 7) is 2.27. The summed E-state index contributed by atoms with van der Waals surface area (Å²) < 4.78 is 6.86. The van der Waals surface area contributed by atoms with E-state index in [0.29, 0.717) is 6.42 Å². The molecule has 0 saturated heterocycles. The molecule has 3 heteroatoms. The van der Waals surface area contributed by atoms with Crippen molar-refractivity contribution in [3.63, 3.8) is 0 Å². The van der Waals surface area contributed by atoms with Crippen LogP contribution < -0.4 is 4.74 Å². The fraction of sp³-hybridized carbons (Fsp3) is 0.531. The summed E-state index contributed by atoms with van der Waals surface area (Å²) in [6, 6.07) is 19.5. The van der Waals surface area contributed by atoms with Gasteiger partial charge in [0.1, 0.15) is 5.75 Å². The lowest BCUT2D eigenvalue weighted by molar-refractivity contribution is -0.137. The molecule has 3 aromatic rings. The standard InChI is InChI=1S/C32H44O3/c1-2-3-4-11-20-28(21-12-9-7-5-6-8-10-13-24-31(33)34)35-32-29-22-16-14-18-26(29)25-27-19-15-17-23-30(27)32/h14-19,22-23,25,28H,2-13,20-21,24H2,1H3,(H,33,34)/t28-/m0/s1. The monoisotopic (exact) mass is 476 g/mol. The minimum Gasteiger partial charge on any atom is -0.489 e. The zero-order valence-electron chi connectivity index (χ0n) is 21.6. The Morgan fingerprint density at radius 3 is 1.74 bits per heavy atom. The Hall–Kier alpha value is -2.55. The first-order valence-electron chi connectivity index (χ1n) is 14.0. The molecule has 0 radical (unpaired) electrons. The highest BCUT2D eigenvalue weighted by atomic mass is 16.5. The van der Waals surface area contributed by atoms with Crippen molar-refractivity contribution in [1.82, 2.24) is 0 Å². The molecule has 0 aliphatic rings. The highest BCUT2D eigenvalue weighted by molar-refractivity contribution is 6.05. The highest BCUT2D eigenvalue weighted by Crippen LogP contribution is 2.36. The molecule has 0 bridgehead atoms. The molecule has 1 atom stereocenters. The summed E-state index contributed by atoms with van der Waals surface area (Å²) >= 11 is 0. The van der Waals surface area contributed by atoms with E-state index in [1.165, 1.54) is 79.3 Å². The van der Waals surface area contributed by atoms with Gasteiger partial charge in [-0.3, -0.25) is 4.79 Å². The second-order valence-corrected chi connectivity index (χ2v) is 10.00. The Balaban J connectivity index is 1.55. The number of hydrogen-bond acceptors (Lipinski definition) is 2. The van der Waals surface area contributed by atoms with Gasteiger partial charge < -0.3 is 9.84 Å². The van der Waals surface area contributed by atoms with Gasteiger partial charge in [-0.2, -0.15) is 0 Å². The van der Waals surface area contributed by atoms with Crippen LogP contribution in [0.25, 0.3) is 21.5 Å². The van der Waals surface area contributed by atoms with Crippen LogP contribution in [0.3, 0.4) is 0 Å². The third kappa shape index (κ3) is 9.20. The van der Waals surface area contributed by atoms with E-state index in [-0.39, 0.29) is 6.10 Å². The van der Waals surface area contributed by atoms with Crippen molar-refractivity contribution in [3.05, 3.63) is 54.6 Å². The topological polar surface area (TPSA) is 46.5 Å². The zero-order chi connectivity index (χ0) is 24.7. The van der Waals surface area contributed by atoms with E-state index in [1.54, 1.807) is 0 Å². The van der Waals surface area contributed by atoms with Crippen molar-refractivity contribution in [2.45, 2.75) is 109 Å². The van der Waals surface area contributed by atoms with Crippen LogP contribution in [0.1, 0.15) is 103 Å². The van der Waals surface area contributed by atoms with E-state index < -0.39 is 5.97 Å². The Kier molecular flexibility index (Phi) is 11.9. The van der Waals surface area contributed by atoms with E-state index in [2.05, 4.69) is 61.5 Å². The van der Waals surface area contributed by atoms with Gasteiger partial charge in [-0.05, 0) is 48.9 Å². The Morgan fingerprint density at radius 1 is 0.714 bits per heavy atom. The number of carboxylic acids is 1. The van der Waals surface area contributed by atoms with E-state index in [4.69, 9.17) is 9.84 Å². The molecule has 3 nitrogen and oxygen atoms in total. The fourth-order valence-corrected chi connectivity index (χ4v) is 5.04. The predicted molar refractivity (Wildman–Crippen MR) is 148 cm³/mol. The summed E-state index contributed by atoms with van der Waals surface area (Å²) in [5.74, 6) is 0.383. The number of rotatable bonds is 18. The van der Waals surface area contributed by atoms with Crippen LogP contribution in [0.4, 0.5) is 0 Å². The average molecular weight is 477 g/mol. The number of aliphatic carboxylic acids is 1. The fourth-order valence-electron chi connectivity index (χ4n) is 5.04. The van der Waals surface area contributed by atoms with E-state index >= 15 is 0 Å². The molecule has 3 aromatic carbocycles. The molecule has 0 spiro atoms. The number of carboxylic acid groups (broad SMARTS) is 1. The molecule has 0 aliphatic heterocycles. The van der Waals surface area contributed by atoms with E-state index in [9.17, 15) is 4.79 Å². The first kappa shape index (κ1) is 27.0. The van der Waals surface area contributed by atoms with Crippen molar-refractivity contribution >= 4 is 27.5 Å². The van der Waals surface area contributed by atoms with Crippen LogP contribution in [0.15, 0.2) is 54.6 Å². The maximum atomic E-state index is 10.6. The van der Waals surface area contributed by atoms with Gasteiger partial charge in [0.15, 0.2) is 0 Å². The van der Waals surface area contributed by atoms with E-state index in [1.807, 2.05) is 0 Å². The van der Waals surface area contributed by atoms with Gasteiger partial charge in [-0.15, -0.1) is 0 Å². The molecule has 0 aromatic heterocycles. The molecule has 0 heterocycles. The Bertz CT molecular complexity index is 972.